The second kappa shape index (κ2) is 19.4. The van der Waals surface area contributed by atoms with Gasteiger partial charge in [0.25, 0.3) is 15.7 Å². The zero-order valence-electron chi connectivity index (χ0n) is 33.5. The number of anilines is 3. The number of benzene rings is 5. The van der Waals surface area contributed by atoms with Gasteiger partial charge in [0.2, 0.25) is 0 Å². The van der Waals surface area contributed by atoms with E-state index in [1.54, 1.807) is 23.9 Å². The molecule has 61 heavy (non-hydrogen) atoms. The number of morpholine rings is 1. The molecule has 1 atom stereocenters. The van der Waals surface area contributed by atoms with E-state index in [1.807, 2.05) is 78.9 Å². The van der Waals surface area contributed by atoms with Gasteiger partial charge in [-0.2, -0.15) is 0 Å². The molecule has 316 valence electrons. The van der Waals surface area contributed by atoms with Crippen molar-refractivity contribution >= 4 is 55.6 Å². The van der Waals surface area contributed by atoms with Crippen LogP contribution < -0.4 is 14.9 Å². The summed E-state index contributed by atoms with van der Waals surface area (Å²) in [5.41, 5.74) is 4.39. The van der Waals surface area contributed by atoms with E-state index in [0.717, 1.165) is 85.6 Å². The summed E-state index contributed by atoms with van der Waals surface area (Å²) in [4.78, 5) is 28.3. The van der Waals surface area contributed by atoms with Crippen LogP contribution >= 0.6 is 11.8 Å². The van der Waals surface area contributed by atoms with Crippen molar-refractivity contribution < 1.29 is 22.5 Å². The standard InChI is InChI=1S/C45H47FN8O5S2/c46-35-11-14-40(33-7-3-1-4-8-33)34(27-35)30-52-19-21-53(22-20-52)37-12-15-41-43(28-37)47-32-48-45(41)50-61(57,58)39-13-16-42(44(29-39)54(55)56)49-36(17-18-51-23-25-59-26-24-51)31-60-38-9-5-2-6-10-38/h1-16,27-29,32,36,49H,17-26,30-31H2,(H,47,48,50). The van der Waals surface area contributed by atoms with Crippen LogP contribution in [-0.2, 0) is 21.3 Å². The molecule has 0 radical (unpaired) electrons. The summed E-state index contributed by atoms with van der Waals surface area (Å²) in [6.45, 7) is 7.41. The van der Waals surface area contributed by atoms with Gasteiger partial charge in [-0.25, -0.2) is 22.8 Å². The van der Waals surface area contributed by atoms with Crippen LogP contribution in [-0.4, -0.2) is 104 Å². The molecule has 2 N–H and O–H groups in total. The van der Waals surface area contributed by atoms with Crippen molar-refractivity contribution in [3.05, 3.63) is 143 Å². The van der Waals surface area contributed by atoms with E-state index < -0.39 is 14.9 Å². The molecule has 13 nitrogen and oxygen atoms in total. The molecule has 0 spiro atoms. The fraction of sp³-hybridized carbons (Fsp3) is 0.289. The maximum Gasteiger partial charge on any atom is 0.293 e. The molecule has 5 aromatic carbocycles. The summed E-state index contributed by atoms with van der Waals surface area (Å²) in [5, 5.41) is 16.3. The number of nitrogens with zero attached hydrogens (tertiary/aromatic N) is 6. The summed E-state index contributed by atoms with van der Waals surface area (Å²) in [6.07, 6.45) is 2.02. The molecule has 2 aliphatic heterocycles. The topological polar surface area (TPSA) is 146 Å². The Morgan fingerprint density at radius 2 is 1.59 bits per heavy atom. The SMILES string of the molecule is O=[N+]([O-])c1cc(S(=O)(=O)Nc2ncnc3cc(N4CCN(Cc5cc(F)ccc5-c5ccccc5)CC4)ccc23)ccc1NC(CCN1CCOCC1)CSc1ccccc1. The van der Waals surface area contributed by atoms with Crippen molar-refractivity contribution in [1.29, 1.82) is 0 Å². The number of fused-ring (bicyclic) bond motifs is 1. The minimum atomic E-state index is -4.30. The number of nitro benzene ring substituents is 1. The molecule has 0 saturated carbocycles. The maximum atomic E-state index is 14.4. The number of nitro groups is 1. The lowest BCUT2D eigenvalue weighted by Gasteiger charge is -2.36. The number of ether oxygens (including phenoxy) is 1. The summed E-state index contributed by atoms with van der Waals surface area (Å²) in [7, 11) is -4.30. The molecule has 16 heteroatoms. The van der Waals surface area contributed by atoms with E-state index in [1.165, 1.54) is 24.5 Å². The highest BCUT2D eigenvalue weighted by Crippen LogP contribution is 2.33. The third-order valence-corrected chi connectivity index (χ3v) is 13.6. The number of halogens is 1. The fourth-order valence-corrected chi connectivity index (χ4v) is 9.79. The molecule has 1 unspecified atom stereocenters. The predicted octanol–water partition coefficient (Wildman–Crippen LogP) is 7.76. The van der Waals surface area contributed by atoms with E-state index >= 15 is 0 Å². The normalized spacial score (nSPS) is 15.7. The van der Waals surface area contributed by atoms with Crippen LogP contribution in [0.25, 0.3) is 22.0 Å². The van der Waals surface area contributed by atoms with Gasteiger partial charge >= 0.3 is 0 Å². The monoisotopic (exact) mass is 862 g/mol. The van der Waals surface area contributed by atoms with Crippen molar-refractivity contribution in [2.24, 2.45) is 0 Å². The van der Waals surface area contributed by atoms with Crippen molar-refractivity contribution in [3.8, 4) is 11.1 Å². The largest absolute Gasteiger partial charge is 0.379 e. The molecular weight excluding hydrogens is 816 g/mol. The number of hydrogen-bond donors (Lipinski definition) is 2. The van der Waals surface area contributed by atoms with Crippen LogP contribution in [0.3, 0.4) is 0 Å². The zero-order valence-corrected chi connectivity index (χ0v) is 35.2. The Labute approximate surface area is 359 Å². The lowest BCUT2D eigenvalue weighted by atomic mass is 9.99. The number of piperazine rings is 1. The fourth-order valence-electron chi connectivity index (χ4n) is 7.75. The van der Waals surface area contributed by atoms with Gasteiger partial charge < -0.3 is 15.0 Å². The molecule has 2 aliphatic rings. The van der Waals surface area contributed by atoms with Gasteiger partial charge in [0.05, 0.1) is 28.5 Å². The summed E-state index contributed by atoms with van der Waals surface area (Å²) in [6, 6.07) is 34.3. The van der Waals surface area contributed by atoms with Crippen molar-refractivity contribution in [2.45, 2.75) is 28.8 Å². The molecular formula is C45H47FN8O5S2. The average Bonchev–Trinajstić information content (AvgIpc) is 3.28. The molecule has 6 aromatic rings. The van der Waals surface area contributed by atoms with Crippen LogP contribution in [0.2, 0.25) is 0 Å². The Morgan fingerprint density at radius 3 is 2.34 bits per heavy atom. The molecule has 8 rings (SSSR count). The Morgan fingerprint density at radius 1 is 0.836 bits per heavy atom. The van der Waals surface area contributed by atoms with E-state index in [2.05, 4.69) is 34.7 Å². The molecule has 2 fully saturated rings. The molecule has 0 aliphatic carbocycles. The van der Waals surface area contributed by atoms with Gasteiger partial charge in [-0.15, -0.1) is 11.8 Å². The summed E-state index contributed by atoms with van der Waals surface area (Å²) < 4.78 is 50.1. The Kier molecular flexibility index (Phi) is 13.4. The molecule has 3 heterocycles. The number of aromatic nitrogens is 2. The molecule has 0 amide bonds. The predicted molar refractivity (Wildman–Crippen MR) is 239 cm³/mol. The lowest BCUT2D eigenvalue weighted by Crippen LogP contribution is -2.46. The first-order valence-electron chi connectivity index (χ1n) is 20.3. The molecule has 0 bridgehead atoms. The van der Waals surface area contributed by atoms with E-state index in [-0.39, 0.29) is 33.9 Å². The van der Waals surface area contributed by atoms with E-state index in [9.17, 15) is 22.9 Å². The Bertz CT molecular complexity index is 2560. The van der Waals surface area contributed by atoms with Crippen molar-refractivity contribution in [1.82, 2.24) is 19.8 Å². The quantitative estimate of drug-likeness (QED) is 0.0557. The van der Waals surface area contributed by atoms with Gasteiger partial charge in [-0.3, -0.25) is 24.6 Å². The minimum absolute atomic E-state index is 0.0663. The van der Waals surface area contributed by atoms with Gasteiger partial charge in [-0.05, 0) is 77.7 Å². The van der Waals surface area contributed by atoms with Gasteiger partial charge in [0.15, 0.2) is 5.82 Å². The Balaban J connectivity index is 0.939. The van der Waals surface area contributed by atoms with E-state index in [0.29, 0.717) is 36.4 Å². The molecule has 1 aromatic heterocycles. The van der Waals surface area contributed by atoms with Crippen LogP contribution in [0, 0.1) is 15.9 Å². The van der Waals surface area contributed by atoms with E-state index in [4.69, 9.17) is 4.74 Å². The third kappa shape index (κ3) is 10.6. The Hall–Kier alpha value is -5.65. The van der Waals surface area contributed by atoms with Crippen LogP contribution in [0.4, 0.5) is 27.3 Å². The number of sulfonamides is 1. The number of thioether (sulfide) groups is 1. The summed E-state index contributed by atoms with van der Waals surface area (Å²) >= 11 is 1.66. The van der Waals surface area contributed by atoms with Gasteiger partial charge in [0, 0.05) is 86.2 Å². The van der Waals surface area contributed by atoms with Gasteiger partial charge in [0.1, 0.15) is 17.8 Å². The number of nitrogens with one attached hydrogen (secondary N) is 2. The number of hydrogen-bond acceptors (Lipinski definition) is 12. The third-order valence-electron chi connectivity index (χ3n) is 11.1. The number of rotatable bonds is 16. The first kappa shape index (κ1) is 42.1. The smallest absolute Gasteiger partial charge is 0.293 e. The van der Waals surface area contributed by atoms with Crippen LogP contribution in [0.1, 0.15) is 12.0 Å². The average molecular weight is 863 g/mol. The zero-order chi connectivity index (χ0) is 42.2. The highest BCUT2D eigenvalue weighted by atomic mass is 32.2. The highest BCUT2D eigenvalue weighted by Gasteiger charge is 2.26. The maximum absolute atomic E-state index is 14.4. The highest BCUT2D eigenvalue weighted by molar-refractivity contribution is 7.99. The van der Waals surface area contributed by atoms with Gasteiger partial charge in [-0.1, -0.05) is 54.6 Å². The second-order valence-corrected chi connectivity index (χ2v) is 17.9. The van der Waals surface area contributed by atoms with Crippen LogP contribution in [0.15, 0.2) is 131 Å². The summed E-state index contributed by atoms with van der Waals surface area (Å²) in [5.74, 6) is 0.462. The first-order chi connectivity index (χ1) is 29.7. The lowest BCUT2D eigenvalue weighted by molar-refractivity contribution is -0.384. The van der Waals surface area contributed by atoms with Crippen LogP contribution in [0.5, 0.6) is 0 Å². The minimum Gasteiger partial charge on any atom is -0.379 e. The second-order valence-electron chi connectivity index (χ2n) is 15.1. The van der Waals surface area contributed by atoms with Crippen molar-refractivity contribution in [2.75, 3.05) is 79.7 Å². The van der Waals surface area contributed by atoms with Crippen molar-refractivity contribution in [3.63, 3.8) is 0 Å². The first-order valence-corrected chi connectivity index (χ1v) is 22.8. The molecule has 2 saturated heterocycles.